The number of nitrogens with zero attached hydrogens (tertiary/aromatic N) is 1. The molecule has 3 aromatic carbocycles. The van der Waals surface area contributed by atoms with Crippen LogP contribution in [-0.4, -0.2) is 19.0 Å². The number of allylic oxidation sites excluding steroid dienone is 1. The van der Waals surface area contributed by atoms with Crippen LogP contribution in [0.3, 0.4) is 0 Å². The SMILES string of the molecule is C=CCc1cc(/C=C2/NC(=O)N(c3ccccc3)C2=O)cc(OC)c1OCc1ccc(Br)cc1. The van der Waals surface area contributed by atoms with Gasteiger partial charge < -0.3 is 14.8 Å². The van der Waals surface area contributed by atoms with Gasteiger partial charge in [0.15, 0.2) is 11.5 Å². The molecule has 0 unspecified atom stereocenters. The van der Waals surface area contributed by atoms with E-state index in [0.29, 0.717) is 35.8 Å². The van der Waals surface area contributed by atoms with Crippen LogP contribution < -0.4 is 19.7 Å². The number of hydrogen-bond donors (Lipinski definition) is 1. The van der Waals surface area contributed by atoms with Gasteiger partial charge in [-0.15, -0.1) is 6.58 Å². The second-order valence-electron chi connectivity index (χ2n) is 7.58. The first kappa shape index (κ1) is 23.3. The lowest BCUT2D eigenvalue weighted by Gasteiger charge is -2.16. The van der Waals surface area contributed by atoms with Gasteiger partial charge in [0, 0.05) is 10.0 Å². The normalized spacial score (nSPS) is 14.3. The van der Waals surface area contributed by atoms with Crippen LogP contribution >= 0.6 is 15.9 Å². The van der Waals surface area contributed by atoms with E-state index in [1.807, 2.05) is 36.4 Å². The Labute approximate surface area is 206 Å². The lowest BCUT2D eigenvalue weighted by molar-refractivity contribution is -0.113. The monoisotopic (exact) mass is 518 g/mol. The highest BCUT2D eigenvalue weighted by molar-refractivity contribution is 9.10. The second kappa shape index (κ2) is 10.4. The maximum Gasteiger partial charge on any atom is 0.333 e. The number of anilines is 1. The van der Waals surface area contributed by atoms with Crippen molar-refractivity contribution in [1.82, 2.24) is 5.32 Å². The smallest absolute Gasteiger partial charge is 0.333 e. The molecular formula is C27H23BrN2O4. The highest BCUT2D eigenvalue weighted by Crippen LogP contribution is 2.35. The largest absolute Gasteiger partial charge is 0.493 e. The molecule has 4 rings (SSSR count). The highest BCUT2D eigenvalue weighted by Gasteiger charge is 2.34. The number of para-hydroxylation sites is 1. The number of halogens is 1. The molecule has 1 aliphatic heterocycles. The van der Waals surface area contributed by atoms with E-state index in [4.69, 9.17) is 9.47 Å². The molecule has 34 heavy (non-hydrogen) atoms. The minimum atomic E-state index is -0.491. The van der Waals surface area contributed by atoms with Crippen LogP contribution in [0.5, 0.6) is 11.5 Å². The number of benzene rings is 3. The molecule has 7 heteroatoms. The van der Waals surface area contributed by atoms with Gasteiger partial charge in [0.25, 0.3) is 5.91 Å². The predicted molar refractivity (Wildman–Crippen MR) is 136 cm³/mol. The average molecular weight is 519 g/mol. The topological polar surface area (TPSA) is 67.9 Å². The fraction of sp³-hybridized carbons (Fsp3) is 0.111. The standard InChI is InChI=1S/C27H23BrN2O4/c1-3-7-20-14-19(15-23-26(31)30(27(32)29-23)22-8-5-4-6-9-22)16-24(33-2)25(20)34-17-18-10-12-21(28)13-11-18/h3-6,8-16H,1,7,17H2,2H3,(H,29,32)/b23-15+. The summed E-state index contributed by atoms with van der Waals surface area (Å²) < 4.78 is 12.7. The Morgan fingerprint density at radius 2 is 1.79 bits per heavy atom. The maximum atomic E-state index is 12.9. The van der Waals surface area contributed by atoms with Crippen LogP contribution in [-0.2, 0) is 17.8 Å². The first-order chi connectivity index (χ1) is 16.5. The summed E-state index contributed by atoms with van der Waals surface area (Å²) in [4.78, 5) is 26.5. The van der Waals surface area contributed by atoms with Crippen LogP contribution in [0.15, 0.2) is 89.6 Å². The van der Waals surface area contributed by atoms with E-state index in [9.17, 15) is 9.59 Å². The number of nitrogens with one attached hydrogen (secondary N) is 1. The van der Waals surface area contributed by atoms with Gasteiger partial charge in [0.1, 0.15) is 12.3 Å². The number of ether oxygens (including phenoxy) is 2. The Kier molecular flexibility index (Phi) is 7.13. The molecule has 0 aliphatic carbocycles. The van der Waals surface area contributed by atoms with Gasteiger partial charge in [0.2, 0.25) is 0 Å². The summed E-state index contributed by atoms with van der Waals surface area (Å²) in [5.41, 5.74) is 3.26. The molecule has 0 atom stereocenters. The highest BCUT2D eigenvalue weighted by atomic mass is 79.9. The van der Waals surface area contributed by atoms with Crippen molar-refractivity contribution >= 4 is 39.6 Å². The van der Waals surface area contributed by atoms with E-state index < -0.39 is 11.9 Å². The zero-order valence-electron chi connectivity index (χ0n) is 18.6. The van der Waals surface area contributed by atoms with E-state index in [0.717, 1.165) is 20.5 Å². The van der Waals surface area contributed by atoms with E-state index in [1.54, 1.807) is 49.6 Å². The number of carbonyl (C=O) groups excluding carboxylic acids is 2. The first-order valence-corrected chi connectivity index (χ1v) is 11.4. The summed E-state index contributed by atoms with van der Waals surface area (Å²) >= 11 is 3.43. The number of amides is 3. The van der Waals surface area contributed by atoms with Crippen molar-refractivity contribution in [1.29, 1.82) is 0 Å². The third kappa shape index (κ3) is 5.05. The Balaban J connectivity index is 1.63. The van der Waals surface area contributed by atoms with E-state index >= 15 is 0 Å². The van der Waals surface area contributed by atoms with Crippen molar-refractivity contribution in [2.45, 2.75) is 13.0 Å². The number of methoxy groups -OCH3 is 1. The number of rotatable bonds is 8. The van der Waals surface area contributed by atoms with Gasteiger partial charge in [-0.05, 0) is 60.0 Å². The fourth-order valence-corrected chi connectivity index (χ4v) is 3.90. The Hall–Kier alpha value is -3.84. The number of urea groups is 1. The molecule has 172 valence electrons. The van der Waals surface area contributed by atoms with Gasteiger partial charge in [0.05, 0.1) is 12.8 Å². The Morgan fingerprint density at radius 1 is 1.06 bits per heavy atom. The van der Waals surface area contributed by atoms with E-state index in [2.05, 4.69) is 27.8 Å². The molecule has 1 fully saturated rings. The molecule has 0 spiro atoms. The van der Waals surface area contributed by atoms with Crippen LogP contribution in [0.2, 0.25) is 0 Å². The molecule has 0 radical (unpaired) electrons. The Morgan fingerprint density at radius 3 is 2.47 bits per heavy atom. The molecule has 0 saturated carbocycles. The van der Waals surface area contributed by atoms with Crippen molar-refractivity contribution in [3.05, 3.63) is 106 Å². The molecule has 1 aliphatic rings. The average Bonchev–Trinajstić information content (AvgIpc) is 3.12. The summed E-state index contributed by atoms with van der Waals surface area (Å²) in [7, 11) is 1.57. The van der Waals surface area contributed by atoms with Gasteiger partial charge >= 0.3 is 6.03 Å². The quantitative estimate of drug-likeness (QED) is 0.230. The Bertz CT molecular complexity index is 1250. The molecule has 1 heterocycles. The molecule has 6 nitrogen and oxygen atoms in total. The van der Waals surface area contributed by atoms with Crippen molar-refractivity contribution in [2.24, 2.45) is 0 Å². The van der Waals surface area contributed by atoms with Crippen LogP contribution in [0.1, 0.15) is 16.7 Å². The lowest BCUT2D eigenvalue weighted by Crippen LogP contribution is -2.30. The second-order valence-corrected chi connectivity index (χ2v) is 8.50. The molecule has 1 saturated heterocycles. The van der Waals surface area contributed by atoms with Gasteiger partial charge in [-0.3, -0.25) is 4.79 Å². The van der Waals surface area contributed by atoms with Crippen molar-refractivity contribution < 1.29 is 19.1 Å². The molecule has 0 bridgehead atoms. The van der Waals surface area contributed by atoms with Crippen molar-refractivity contribution in [2.75, 3.05) is 12.0 Å². The van der Waals surface area contributed by atoms with Crippen molar-refractivity contribution in [3.63, 3.8) is 0 Å². The summed E-state index contributed by atoms with van der Waals surface area (Å²) in [5, 5.41) is 2.66. The van der Waals surface area contributed by atoms with E-state index in [1.165, 1.54) is 0 Å². The molecule has 3 aromatic rings. The molecule has 1 N–H and O–H groups in total. The summed E-state index contributed by atoms with van der Waals surface area (Å²) in [6, 6.07) is 19.9. The maximum absolute atomic E-state index is 12.9. The molecule has 0 aromatic heterocycles. The first-order valence-electron chi connectivity index (χ1n) is 10.6. The zero-order chi connectivity index (χ0) is 24.1. The summed E-state index contributed by atoms with van der Waals surface area (Å²) in [6.07, 6.45) is 3.95. The van der Waals surface area contributed by atoms with Crippen LogP contribution in [0.25, 0.3) is 6.08 Å². The van der Waals surface area contributed by atoms with E-state index in [-0.39, 0.29) is 5.70 Å². The third-order valence-electron chi connectivity index (χ3n) is 5.24. The molecular weight excluding hydrogens is 496 g/mol. The van der Waals surface area contributed by atoms with Gasteiger partial charge in [-0.1, -0.05) is 52.3 Å². The summed E-state index contributed by atoms with van der Waals surface area (Å²) in [5.74, 6) is 0.719. The third-order valence-corrected chi connectivity index (χ3v) is 5.77. The van der Waals surface area contributed by atoms with Crippen LogP contribution in [0.4, 0.5) is 10.5 Å². The van der Waals surface area contributed by atoms with Gasteiger partial charge in [-0.25, -0.2) is 9.69 Å². The lowest BCUT2D eigenvalue weighted by atomic mass is 10.0. The minimum absolute atomic E-state index is 0.184. The van der Waals surface area contributed by atoms with Gasteiger partial charge in [-0.2, -0.15) is 0 Å². The van der Waals surface area contributed by atoms with Crippen molar-refractivity contribution in [3.8, 4) is 11.5 Å². The predicted octanol–water partition coefficient (Wildman–Crippen LogP) is 5.86. The molecule has 3 amide bonds. The number of hydrogen-bond acceptors (Lipinski definition) is 4. The number of carbonyl (C=O) groups is 2. The number of imide groups is 1. The summed E-state index contributed by atoms with van der Waals surface area (Å²) in [6.45, 7) is 4.21. The van der Waals surface area contributed by atoms with Crippen LogP contribution in [0, 0.1) is 0 Å². The zero-order valence-corrected chi connectivity index (χ0v) is 20.2. The fourth-order valence-electron chi connectivity index (χ4n) is 3.64. The minimum Gasteiger partial charge on any atom is -0.493 e.